The fourth-order valence-corrected chi connectivity index (χ4v) is 4.83. The van der Waals surface area contributed by atoms with Gasteiger partial charge in [-0.25, -0.2) is 0 Å². The maximum absolute atomic E-state index is 6.36. The molecule has 0 amide bonds. The molecule has 1 saturated heterocycles. The predicted octanol–water partition coefficient (Wildman–Crippen LogP) is 5.30. The Balaban J connectivity index is 1.43. The van der Waals surface area contributed by atoms with E-state index in [0.717, 1.165) is 32.5 Å². The lowest BCUT2D eigenvalue weighted by molar-refractivity contribution is -0.0826. The van der Waals surface area contributed by atoms with Gasteiger partial charge in [-0.1, -0.05) is 84.9 Å². The minimum atomic E-state index is -0.0784. The first-order valence-corrected chi connectivity index (χ1v) is 9.92. The first kappa shape index (κ1) is 16.7. The van der Waals surface area contributed by atoms with Crippen LogP contribution in [0, 0.1) is 0 Å². The van der Waals surface area contributed by atoms with E-state index in [1.54, 1.807) is 0 Å². The largest absolute Gasteiger partial charge is 0.365 e. The summed E-state index contributed by atoms with van der Waals surface area (Å²) in [7, 11) is 0. The third-order valence-corrected chi connectivity index (χ3v) is 6.21. The molecule has 1 spiro atoms. The van der Waals surface area contributed by atoms with E-state index in [2.05, 4.69) is 89.8 Å². The molecule has 0 bridgehead atoms. The van der Waals surface area contributed by atoms with Crippen molar-refractivity contribution in [3.8, 4) is 0 Å². The van der Waals surface area contributed by atoms with Crippen LogP contribution in [0.4, 0.5) is 0 Å². The van der Waals surface area contributed by atoms with E-state index in [0.29, 0.717) is 6.04 Å². The van der Waals surface area contributed by atoms with Crippen LogP contribution in [0.1, 0.15) is 41.1 Å². The molecule has 0 radical (unpaired) electrons. The molecule has 0 aliphatic carbocycles. The van der Waals surface area contributed by atoms with E-state index in [1.807, 2.05) is 0 Å². The number of rotatable bonds is 3. The van der Waals surface area contributed by atoms with Crippen LogP contribution < -0.4 is 0 Å². The zero-order valence-electron chi connectivity index (χ0n) is 15.6. The van der Waals surface area contributed by atoms with Gasteiger partial charge in [0.15, 0.2) is 0 Å². The molecule has 3 aromatic rings. The fraction of sp³-hybridized carbons (Fsp3) is 0.280. The number of likely N-dealkylation sites (tertiary alicyclic amines) is 1. The van der Waals surface area contributed by atoms with Crippen molar-refractivity contribution in [3.05, 3.63) is 107 Å². The summed E-state index contributed by atoms with van der Waals surface area (Å²) in [6, 6.07) is 30.9. The van der Waals surface area contributed by atoms with E-state index in [-0.39, 0.29) is 5.60 Å². The average molecular weight is 355 g/mol. The van der Waals surface area contributed by atoms with Crippen molar-refractivity contribution < 1.29 is 4.74 Å². The summed E-state index contributed by atoms with van der Waals surface area (Å²) in [4.78, 5) is 2.63. The number of fused-ring (bicyclic) bond motifs is 2. The summed E-state index contributed by atoms with van der Waals surface area (Å²) in [5.41, 5.74) is 5.44. The topological polar surface area (TPSA) is 12.5 Å². The van der Waals surface area contributed by atoms with Crippen LogP contribution in [0.3, 0.4) is 0 Å². The van der Waals surface area contributed by atoms with Crippen molar-refractivity contribution in [2.24, 2.45) is 0 Å². The predicted molar refractivity (Wildman–Crippen MR) is 108 cm³/mol. The van der Waals surface area contributed by atoms with Gasteiger partial charge in [0.2, 0.25) is 0 Å². The molecule has 136 valence electrons. The molecule has 2 heterocycles. The molecule has 2 aliphatic rings. The summed E-state index contributed by atoms with van der Waals surface area (Å²) in [5.74, 6) is 0. The molecule has 27 heavy (non-hydrogen) atoms. The Morgan fingerprint density at radius 2 is 1.26 bits per heavy atom. The van der Waals surface area contributed by atoms with Crippen molar-refractivity contribution in [3.63, 3.8) is 0 Å². The Kier molecular flexibility index (Phi) is 4.31. The molecule has 0 unspecified atom stereocenters. The van der Waals surface area contributed by atoms with Crippen LogP contribution in [0.5, 0.6) is 0 Å². The van der Waals surface area contributed by atoms with Gasteiger partial charge in [-0.05, 0) is 35.1 Å². The van der Waals surface area contributed by atoms with Gasteiger partial charge in [-0.3, -0.25) is 4.90 Å². The highest BCUT2D eigenvalue weighted by molar-refractivity contribution is 5.37. The summed E-state index contributed by atoms with van der Waals surface area (Å²) < 4.78 is 6.36. The maximum atomic E-state index is 6.36. The first-order chi connectivity index (χ1) is 13.4. The SMILES string of the molecule is c1ccc(C(c2ccccc2)N2CCC3(CC2)OCc2ccccc23)cc1. The molecule has 1 fully saturated rings. The summed E-state index contributed by atoms with van der Waals surface area (Å²) in [6.07, 6.45) is 2.11. The van der Waals surface area contributed by atoms with Crippen molar-refractivity contribution >= 4 is 0 Å². The second-order valence-electron chi connectivity index (χ2n) is 7.70. The van der Waals surface area contributed by atoms with Crippen LogP contribution in [0.2, 0.25) is 0 Å². The van der Waals surface area contributed by atoms with Gasteiger partial charge >= 0.3 is 0 Å². The third kappa shape index (κ3) is 2.99. The molecular weight excluding hydrogens is 330 g/mol. The number of ether oxygens (including phenoxy) is 1. The second-order valence-corrected chi connectivity index (χ2v) is 7.70. The Hall–Kier alpha value is -2.42. The molecular formula is C25H25NO. The first-order valence-electron chi connectivity index (χ1n) is 9.92. The summed E-state index contributed by atoms with van der Waals surface area (Å²) in [6.45, 7) is 2.85. The van der Waals surface area contributed by atoms with Crippen LogP contribution in [0.25, 0.3) is 0 Å². The number of hydrogen-bond acceptors (Lipinski definition) is 2. The highest BCUT2D eigenvalue weighted by Crippen LogP contribution is 2.45. The number of piperidine rings is 1. The molecule has 2 nitrogen and oxygen atoms in total. The second kappa shape index (κ2) is 6.95. The standard InChI is InChI=1S/C25H25NO/c1-3-9-20(10-4-1)24(21-11-5-2-6-12-21)26-17-15-25(16-18-26)23-14-8-7-13-22(23)19-27-25/h1-14,24H,15-19H2. The zero-order valence-corrected chi connectivity index (χ0v) is 15.6. The van der Waals surface area contributed by atoms with Crippen LogP contribution >= 0.6 is 0 Å². The molecule has 0 saturated carbocycles. The normalized spacial score (nSPS) is 18.7. The van der Waals surface area contributed by atoms with Gasteiger partial charge in [-0.15, -0.1) is 0 Å². The quantitative estimate of drug-likeness (QED) is 0.632. The van der Waals surface area contributed by atoms with E-state index in [1.165, 1.54) is 22.3 Å². The molecule has 0 N–H and O–H groups in total. The average Bonchev–Trinajstić information content (AvgIpc) is 3.10. The summed E-state index contributed by atoms with van der Waals surface area (Å²) in [5, 5.41) is 0. The van der Waals surface area contributed by atoms with Gasteiger partial charge in [0.05, 0.1) is 18.2 Å². The number of benzene rings is 3. The Morgan fingerprint density at radius 1 is 0.704 bits per heavy atom. The lowest BCUT2D eigenvalue weighted by Gasteiger charge is -2.43. The van der Waals surface area contributed by atoms with Crippen LogP contribution in [-0.2, 0) is 16.9 Å². The van der Waals surface area contributed by atoms with Crippen molar-refractivity contribution in [1.29, 1.82) is 0 Å². The van der Waals surface area contributed by atoms with Crippen LogP contribution in [0.15, 0.2) is 84.9 Å². The molecule has 0 atom stereocenters. The van der Waals surface area contributed by atoms with E-state index >= 15 is 0 Å². The van der Waals surface area contributed by atoms with Gasteiger partial charge in [0, 0.05) is 13.1 Å². The van der Waals surface area contributed by atoms with Crippen molar-refractivity contribution in [1.82, 2.24) is 4.90 Å². The lowest BCUT2D eigenvalue weighted by atomic mass is 9.82. The fourth-order valence-electron chi connectivity index (χ4n) is 4.83. The Morgan fingerprint density at radius 3 is 1.89 bits per heavy atom. The molecule has 3 aromatic carbocycles. The third-order valence-electron chi connectivity index (χ3n) is 6.21. The van der Waals surface area contributed by atoms with Gasteiger partial charge in [0.25, 0.3) is 0 Å². The molecule has 2 aliphatic heterocycles. The lowest BCUT2D eigenvalue weighted by Crippen LogP contribution is -2.44. The highest BCUT2D eigenvalue weighted by atomic mass is 16.5. The maximum Gasteiger partial charge on any atom is 0.0963 e. The zero-order chi connectivity index (χ0) is 18.1. The van der Waals surface area contributed by atoms with E-state index in [4.69, 9.17) is 4.74 Å². The number of hydrogen-bond donors (Lipinski definition) is 0. The Labute approximate surface area is 161 Å². The van der Waals surface area contributed by atoms with Crippen LogP contribution in [-0.4, -0.2) is 18.0 Å². The van der Waals surface area contributed by atoms with E-state index in [9.17, 15) is 0 Å². The van der Waals surface area contributed by atoms with Crippen molar-refractivity contribution in [2.75, 3.05) is 13.1 Å². The van der Waals surface area contributed by atoms with Crippen molar-refractivity contribution in [2.45, 2.75) is 31.1 Å². The van der Waals surface area contributed by atoms with Gasteiger partial charge in [0.1, 0.15) is 0 Å². The molecule has 2 heteroatoms. The molecule has 5 rings (SSSR count). The minimum Gasteiger partial charge on any atom is -0.365 e. The summed E-state index contributed by atoms with van der Waals surface area (Å²) >= 11 is 0. The molecule has 0 aromatic heterocycles. The highest BCUT2D eigenvalue weighted by Gasteiger charge is 2.43. The monoisotopic (exact) mass is 355 g/mol. The smallest absolute Gasteiger partial charge is 0.0963 e. The Bertz CT molecular complexity index is 858. The minimum absolute atomic E-state index is 0.0784. The van der Waals surface area contributed by atoms with Gasteiger partial charge in [-0.2, -0.15) is 0 Å². The van der Waals surface area contributed by atoms with Gasteiger partial charge < -0.3 is 4.74 Å². The van der Waals surface area contributed by atoms with E-state index < -0.39 is 0 Å². The number of nitrogens with zero attached hydrogens (tertiary/aromatic N) is 1.